The summed E-state index contributed by atoms with van der Waals surface area (Å²) >= 11 is 0. The Balaban J connectivity index is 1.41. The van der Waals surface area contributed by atoms with Crippen LogP contribution in [0, 0.1) is 13.8 Å². The van der Waals surface area contributed by atoms with Crippen molar-refractivity contribution < 1.29 is 24.1 Å². The number of aliphatic hydroxyl groups excluding tert-OH is 1. The van der Waals surface area contributed by atoms with Crippen LogP contribution in [0.1, 0.15) is 72.1 Å². The van der Waals surface area contributed by atoms with Gasteiger partial charge in [0.1, 0.15) is 5.52 Å². The van der Waals surface area contributed by atoms with Gasteiger partial charge in [0.05, 0.1) is 44.4 Å². The highest BCUT2D eigenvalue weighted by molar-refractivity contribution is 5.80. The van der Waals surface area contributed by atoms with Crippen molar-refractivity contribution in [1.29, 1.82) is 0 Å². The number of hydrogen-bond donors (Lipinski definition) is 1. The van der Waals surface area contributed by atoms with Crippen LogP contribution in [-0.4, -0.2) is 52.5 Å². The van der Waals surface area contributed by atoms with E-state index in [1.807, 2.05) is 74.0 Å². The fourth-order valence-corrected chi connectivity index (χ4v) is 5.13. The lowest BCUT2D eigenvalue weighted by Crippen LogP contribution is -2.14. The van der Waals surface area contributed by atoms with Crippen molar-refractivity contribution in [3.63, 3.8) is 0 Å². The summed E-state index contributed by atoms with van der Waals surface area (Å²) in [5.74, 6) is -0.503. The summed E-state index contributed by atoms with van der Waals surface area (Å²) in [7, 11) is 0. The summed E-state index contributed by atoms with van der Waals surface area (Å²) in [6.45, 7) is 10.9. The summed E-state index contributed by atoms with van der Waals surface area (Å²) in [4.78, 5) is 12.6. The predicted molar refractivity (Wildman–Crippen MR) is 159 cm³/mol. The molecule has 0 saturated carbocycles. The van der Waals surface area contributed by atoms with Crippen LogP contribution < -0.4 is 0 Å². The zero-order valence-corrected chi connectivity index (χ0v) is 24.5. The molecule has 218 valence electrons. The fraction of sp³-hybridized carbons (Fsp3) is 0.424. The lowest BCUT2D eigenvalue weighted by atomic mass is 9.84. The van der Waals surface area contributed by atoms with Crippen LogP contribution in [0.2, 0.25) is 0 Å². The van der Waals surface area contributed by atoms with E-state index in [2.05, 4.69) is 22.4 Å². The first-order valence-electron chi connectivity index (χ1n) is 14.3. The minimum absolute atomic E-state index is 0.194. The van der Waals surface area contributed by atoms with Crippen molar-refractivity contribution in [2.75, 3.05) is 26.4 Å². The lowest BCUT2D eigenvalue weighted by Gasteiger charge is -2.21. The van der Waals surface area contributed by atoms with Crippen molar-refractivity contribution in [1.82, 2.24) is 15.0 Å². The molecule has 0 spiro atoms. The van der Waals surface area contributed by atoms with Gasteiger partial charge in [0.2, 0.25) is 0 Å². The van der Waals surface area contributed by atoms with E-state index in [-0.39, 0.29) is 18.3 Å². The number of nitrogens with zero attached hydrogens (tertiary/aromatic N) is 3. The molecule has 0 aliphatic rings. The average molecular weight is 560 g/mol. The number of carbonyl (C=O) groups excluding carboxylic acids is 1. The molecule has 1 heterocycles. The Morgan fingerprint density at radius 2 is 1.76 bits per heavy atom. The molecule has 4 aromatic rings. The summed E-state index contributed by atoms with van der Waals surface area (Å²) in [5.41, 5.74) is 7.66. The molecule has 1 N–H and O–H groups in total. The van der Waals surface area contributed by atoms with Crippen molar-refractivity contribution in [3.8, 4) is 0 Å². The average Bonchev–Trinajstić information content (AvgIpc) is 3.38. The molecule has 0 amide bonds. The predicted octanol–water partition coefficient (Wildman–Crippen LogP) is 5.81. The molecular formula is C33H41N3O5. The molecule has 0 aliphatic heterocycles. The third-order valence-electron chi connectivity index (χ3n) is 7.33. The van der Waals surface area contributed by atoms with Gasteiger partial charge >= 0.3 is 5.97 Å². The number of aromatic nitrogens is 3. The smallest absolute Gasteiger partial charge is 0.306 e. The Morgan fingerprint density at radius 3 is 2.51 bits per heavy atom. The number of fused-ring (bicyclic) bond motifs is 1. The third kappa shape index (κ3) is 8.00. The molecule has 0 saturated heterocycles. The Kier molecular flexibility index (Phi) is 11.0. The van der Waals surface area contributed by atoms with Crippen molar-refractivity contribution in [2.45, 2.75) is 65.7 Å². The van der Waals surface area contributed by atoms with Crippen molar-refractivity contribution in [2.24, 2.45) is 0 Å². The Morgan fingerprint density at radius 1 is 0.976 bits per heavy atom. The third-order valence-corrected chi connectivity index (χ3v) is 7.33. The van der Waals surface area contributed by atoms with Gasteiger partial charge < -0.3 is 19.3 Å². The molecule has 0 aliphatic carbocycles. The normalized spacial score (nSPS) is 12.9. The molecule has 1 aromatic heterocycles. The van der Waals surface area contributed by atoms with Gasteiger partial charge in [-0.2, -0.15) is 0 Å². The van der Waals surface area contributed by atoms with Crippen LogP contribution in [0.3, 0.4) is 0 Å². The van der Waals surface area contributed by atoms with E-state index in [4.69, 9.17) is 14.2 Å². The highest BCUT2D eigenvalue weighted by atomic mass is 16.5. The fourth-order valence-electron chi connectivity index (χ4n) is 5.13. The summed E-state index contributed by atoms with van der Waals surface area (Å²) in [5, 5.41) is 19.2. The number of aliphatic hydroxyl groups is 1. The van der Waals surface area contributed by atoms with E-state index in [0.29, 0.717) is 39.6 Å². The van der Waals surface area contributed by atoms with Crippen LogP contribution in [0.5, 0.6) is 0 Å². The molecule has 3 aromatic carbocycles. The monoisotopic (exact) mass is 559 g/mol. The number of carbonyl (C=O) groups is 1. The molecule has 41 heavy (non-hydrogen) atoms. The molecule has 4 rings (SSSR count). The largest absolute Gasteiger partial charge is 0.466 e. The molecule has 1 unspecified atom stereocenters. The van der Waals surface area contributed by atoms with E-state index in [1.165, 1.54) is 5.56 Å². The first-order valence-corrected chi connectivity index (χ1v) is 14.3. The maximum absolute atomic E-state index is 12.6. The maximum Gasteiger partial charge on any atom is 0.306 e. The number of benzene rings is 3. The van der Waals surface area contributed by atoms with E-state index < -0.39 is 6.10 Å². The summed E-state index contributed by atoms with van der Waals surface area (Å²) in [6.07, 6.45) is 0.413. The van der Waals surface area contributed by atoms with E-state index >= 15 is 0 Å². The second-order valence-corrected chi connectivity index (χ2v) is 10.3. The van der Waals surface area contributed by atoms with Gasteiger partial charge in [0.25, 0.3) is 0 Å². The first kappa shape index (κ1) is 30.4. The quantitative estimate of drug-likeness (QED) is 0.145. The van der Waals surface area contributed by atoms with Gasteiger partial charge in [-0.15, -0.1) is 5.10 Å². The van der Waals surface area contributed by atoms with Crippen LogP contribution in [0.15, 0.2) is 60.7 Å². The van der Waals surface area contributed by atoms with Crippen LogP contribution >= 0.6 is 0 Å². The molecular weight excluding hydrogens is 518 g/mol. The topological polar surface area (TPSA) is 95.7 Å². The first-order chi connectivity index (χ1) is 19.9. The SMILES string of the molecule is CCOC(=O)CC(c1ccc(C)c([C@H](C)O)c1)c1ccc2c(nnn2CCOCCCOCc2ccccc2)c1C. The summed E-state index contributed by atoms with van der Waals surface area (Å²) in [6, 6.07) is 20.2. The number of ether oxygens (including phenoxy) is 3. The van der Waals surface area contributed by atoms with Gasteiger partial charge in [-0.05, 0) is 73.6 Å². The lowest BCUT2D eigenvalue weighted by molar-refractivity contribution is -0.143. The Labute approximate surface area is 242 Å². The van der Waals surface area contributed by atoms with E-state index in [9.17, 15) is 9.90 Å². The Bertz CT molecular complexity index is 1420. The minimum atomic E-state index is -0.606. The molecule has 0 fully saturated rings. The standard InChI is InChI=1S/C33H41N3O5/c1-5-41-32(38)21-30(27-13-12-23(2)29(20-27)25(4)37)28-14-15-31-33(24(28)3)34-35-36(31)16-19-39-17-9-18-40-22-26-10-7-6-8-11-26/h6-8,10-15,20,25,30,37H,5,9,16-19,21-22H2,1-4H3/t25-,30?/m0/s1. The summed E-state index contributed by atoms with van der Waals surface area (Å²) < 4.78 is 18.7. The number of rotatable bonds is 15. The van der Waals surface area contributed by atoms with Crippen LogP contribution in [-0.2, 0) is 32.2 Å². The van der Waals surface area contributed by atoms with E-state index in [1.54, 1.807) is 6.92 Å². The molecule has 2 atom stereocenters. The van der Waals surface area contributed by atoms with Gasteiger partial charge in [0.15, 0.2) is 0 Å². The van der Waals surface area contributed by atoms with Crippen LogP contribution in [0.4, 0.5) is 0 Å². The second-order valence-electron chi connectivity index (χ2n) is 10.3. The van der Waals surface area contributed by atoms with Gasteiger partial charge in [-0.25, -0.2) is 4.68 Å². The minimum Gasteiger partial charge on any atom is -0.466 e. The number of aryl methyl sites for hydroxylation is 2. The second kappa shape index (κ2) is 14.9. The van der Waals surface area contributed by atoms with Gasteiger partial charge in [0, 0.05) is 19.1 Å². The molecule has 8 heteroatoms. The zero-order chi connectivity index (χ0) is 29.2. The highest BCUT2D eigenvalue weighted by Crippen LogP contribution is 2.35. The van der Waals surface area contributed by atoms with E-state index in [0.717, 1.165) is 45.3 Å². The molecule has 8 nitrogen and oxygen atoms in total. The Hall–Kier alpha value is -3.59. The van der Waals surface area contributed by atoms with Crippen molar-refractivity contribution in [3.05, 3.63) is 94.0 Å². The molecule has 0 bridgehead atoms. The number of esters is 1. The highest BCUT2D eigenvalue weighted by Gasteiger charge is 2.24. The molecule has 0 radical (unpaired) electrons. The van der Waals surface area contributed by atoms with Gasteiger partial charge in [-0.3, -0.25) is 4.79 Å². The number of hydrogen-bond acceptors (Lipinski definition) is 7. The van der Waals surface area contributed by atoms with Crippen LogP contribution in [0.25, 0.3) is 11.0 Å². The van der Waals surface area contributed by atoms with Crippen molar-refractivity contribution >= 4 is 17.0 Å². The zero-order valence-electron chi connectivity index (χ0n) is 24.5. The van der Waals surface area contributed by atoms with Gasteiger partial charge in [-0.1, -0.05) is 59.8 Å². The maximum atomic E-state index is 12.6.